The fraction of sp³-hybridized carbons (Fsp3) is 0.875. The number of methoxy groups -OCH3 is 1. The van der Waals surface area contributed by atoms with Crippen molar-refractivity contribution in [2.24, 2.45) is 0 Å². The van der Waals surface area contributed by atoms with Crippen molar-refractivity contribution in [1.29, 1.82) is 0 Å². The number of rotatable bonds is 7. The lowest BCUT2D eigenvalue weighted by atomic mass is 9.92. The lowest BCUT2D eigenvalue weighted by Gasteiger charge is -2.28. The van der Waals surface area contributed by atoms with Gasteiger partial charge < -0.3 is 29.0 Å². The van der Waals surface area contributed by atoms with Gasteiger partial charge in [-0.1, -0.05) is 6.92 Å². The Morgan fingerprint density at radius 1 is 1.24 bits per heavy atom. The summed E-state index contributed by atoms with van der Waals surface area (Å²) in [4.78, 5) is 23.1. The first-order chi connectivity index (χ1) is 12.0. The average molecular weight is 357 g/mol. The molecule has 0 bridgehead atoms. The quantitative estimate of drug-likeness (QED) is 0.505. The predicted octanol–water partition coefficient (Wildman–Crippen LogP) is -0.0251. The normalized spacial score (nSPS) is 34.7. The summed E-state index contributed by atoms with van der Waals surface area (Å²) in [5.74, 6) is -0.401. The molecule has 2 fully saturated rings. The number of hydrogen-bond acceptors (Lipinski definition) is 7. The molecule has 8 nitrogen and oxygen atoms in total. The van der Waals surface area contributed by atoms with E-state index in [0.29, 0.717) is 6.42 Å². The molecule has 1 saturated heterocycles. The third-order valence-electron chi connectivity index (χ3n) is 4.80. The summed E-state index contributed by atoms with van der Waals surface area (Å²) < 4.78 is 27.9. The number of carbonyl (C=O) groups excluding carboxylic acids is 2. The van der Waals surface area contributed by atoms with Gasteiger partial charge in [-0.2, -0.15) is 0 Å². The Balaban J connectivity index is 1.98. The minimum atomic E-state index is -0.895. The van der Waals surface area contributed by atoms with Crippen LogP contribution in [0.1, 0.15) is 32.6 Å². The molecular formula is C16H28BNO7. The molecule has 1 saturated carbocycles. The smallest absolute Gasteiger partial charge is 0.425 e. The molecule has 0 aromatic rings. The monoisotopic (exact) mass is 357 g/mol. The molecule has 2 rings (SSSR count). The van der Waals surface area contributed by atoms with E-state index >= 15 is 0 Å². The molecule has 0 radical (unpaired) electrons. The summed E-state index contributed by atoms with van der Waals surface area (Å²) in [6, 6.07) is -0.209. The van der Waals surface area contributed by atoms with Crippen LogP contribution in [-0.4, -0.2) is 77.2 Å². The van der Waals surface area contributed by atoms with Gasteiger partial charge >= 0.3 is 6.16 Å². The maximum absolute atomic E-state index is 11.9. The van der Waals surface area contributed by atoms with Gasteiger partial charge in [0, 0.05) is 14.2 Å². The first kappa shape index (κ1) is 20.0. The third kappa shape index (κ3) is 5.09. The van der Waals surface area contributed by atoms with Gasteiger partial charge in [0.15, 0.2) is 12.7 Å². The van der Waals surface area contributed by atoms with E-state index in [4.69, 9.17) is 23.7 Å². The summed E-state index contributed by atoms with van der Waals surface area (Å²) in [6.45, 7) is 1.58. The van der Waals surface area contributed by atoms with E-state index in [0.717, 1.165) is 19.3 Å². The SMILES string of the molecule is B[C@@H]1O[C@H](CC)C(OC(=O)OCC(=O)NC)[C@@H]1O[C@@H]1CCC[C@H]1OC. The lowest BCUT2D eigenvalue weighted by molar-refractivity contribution is -0.127. The number of amides is 1. The summed E-state index contributed by atoms with van der Waals surface area (Å²) in [5, 5.41) is 2.37. The van der Waals surface area contributed by atoms with E-state index in [9.17, 15) is 9.59 Å². The van der Waals surface area contributed by atoms with E-state index in [1.165, 1.54) is 7.05 Å². The first-order valence-electron chi connectivity index (χ1n) is 8.87. The van der Waals surface area contributed by atoms with Crippen LogP contribution in [0, 0.1) is 0 Å². The fourth-order valence-electron chi connectivity index (χ4n) is 3.43. The van der Waals surface area contributed by atoms with Gasteiger partial charge in [0.05, 0.1) is 24.3 Å². The zero-order valence-electron chi connectivity index (χ0n) is 15.4. The minimum Gasteiger partial charge on any atom is -0.425 e. The van der Waals surface area contributed by atoms with E-state index in [1.54, 1.807) is 7.11 Å². The highest BCUT2D eigenvalue weighted by atomic mass is 16.7. The number of carbonyl (C=O) groups is 2. The molecule has 2 aliphatic rings. The summed E-state index contributed by atoms with van der Waals surface area (Å²) in [6.07, 6.45) is 1.47. The minimum absolute atomic E-state index is 0.0374. The first-order valence-corrected chi connectivity index (χ1v) is 8.87. The number of likely N-dealkylation sites (N-methyl/N-ethyl adjacent to an activating group) is 1. The Kier molecular flexibility index (Phi) is 7.52. The molecule has 1 aliphatic carbocycles. The van der Waals surface area contributed by atoms with Crippen LogP contribution in [0.25, 0.3) is 0 Å². The van der Waals surface area contributed by atoms with E-state index in [1.807, 2.05) is 14.8 Å². The van der Waals surface area contributed by atoms with Crippen molar-refractivity contribution in [3.63, 3.8) is 0 Å². The molecule has 142 valence electrons. The Morgan fingerprint density at radius 2 is 1.96 bits per heavy atom. The van der Waals surface area contributed by atoms with Crippen molar-refractivity contribution >= 4 is 19.9 Å². The summed E-state index contributed by atoms with van der Waals surface area (Å²) in [5.41, 5.74) is 0. The van der Waals surface area contributed by atoms with Gasteiger partial charge in [-0.25, -0.2) is 4.79 Å². The van der Waals surface area contributed by atoms with Gasteiger partial charge in [-0.15, -0.1) is 0 Å². The molecule has 1 unspecified atom stereocenters. The molecule has 0 aromatic heterocycles. The van der Waals surface area contributed by atoms with Crippen LogP contribution in [0.4, 0.5) is 4.79 Å². The second-order valence-electron chi connectivity index (χ2n) is 6.43. The second-order valence-corrected chi connectivity index (χ2v) is 6.43. The maximum atomic E-state index is 11.9. The number of nitrogens with one attached hydrogen (secondary N) is 1. The molecule has 0 spiro atoms. The Bertz CT molecular complexity index is 464. The van der Waals surface area contributed by atoms with Crippen LogP contribution in [0.3, 0.4) is 0 Å². The van der Waals surface area contributed by atoms with Crippen molar-refractivity contribution < 1.29 is 33.3 Å². The standard InChI is InChI=1S/C16H28BNO7/c1-4-9-13(25-16(20)22-8-12(19)18-2)14(15(17)24-9)23-11-7-5-6-10(11)21-3/h9-11,13-15H,4-8,17H2,1-3H3,(H,18,19)/t9-,10-,11-,13?,14+,15-/m1/s1. The topological polar surface area (TPSA) is 92.3 Å². The van der Waals surface area contributed by atoms with Gasteiger partial charge in [-0.05, 0) is 25.7 Å². The van der Waals surface area contributed by atoms with Crippen molar-refractivity contribution in [3.05, 3.63) is 0 Å². The fourth-order valence-corrected chi connectivity index (χ4v) is 3.43. The largest absolute Gasteiger partial charge is 0.509 e. The molecule has 1 amide bonds. The Morgan fingerprint density at radius 3 is 2.60 bits per heavy atom. The van der Waals surface area contributed by atoms with E-state index in [2.05, 4.69) is 5.32 Å². The molecular weight excluding hydrogens is 329 g/mol. The number of hydrogen-bond donors (Lipinski definition) is 1. The van der Waals surface area contributed by atoms with E-state index in [-0.39, 0.29) is 30.9 Å². The molecule has 6 atom stereocenters. The van der Waals surface area contributed by atoms with Gasteiger partial charge in [0.25, 0.3) is 5.91 Å². The van der Waals surface area contributed by atoms with Crippen LogP contribution < -0.4 is 5.32 Å². The van der Waals surface area contributed by atoms with Crippen molar-refractivity contribution in [2.45, 2.75) is 69.1 Å². The Labute approximate surface area is 149 Å². The average Bonchev–Trinajstić information content (AvgIpc) is 3.18. The highest BCUT2D eigenvalue weighted by Gasteiger charge is 2.47. The molecule has 9 heteroatoms. The van der Waals surface area contributed by atoms with E-state index < -0.39 is 24.3 Å². The highest BCUT2D eigenvalue weighted by Crippen LogP contribution is 2.32. The lowest BCUT2D eigenvalue weighted by Crippen LogP contribution is -2.43. The number of ether oxygens (including phenoxy) is 5. The molecule has 0 aromatic carbocycles. The van der Waals surface area contributed by atoms with Crippen LogP contribution in [0.5, 0.6) is 0 Å². The van der Waals surface area contributed by atoms with Gasteiger partial charge in [-0.3, -0.25) is 4.79 Å². The third-order valence-corrected chi connectivity index (χ3v) is 4.80. The summed E-state index contributed by atoms with van der Waals surface area (Å²) >= 11 is 0. The molecule has 25 heavy (non-hydrogen) atoms. The van der Waals surface area contributed by atoms with Crippen molar-refractivity contribution in [3.8, 4) is 0 Å². The molecule has 1 N–H and O–H groups in total. The van der Waals surface area contributed by atoms with Crippen LogP contribution in [0.2, 0.25) is 0 Å². The van der Waals surface area contributed by atoms with Crippen molar-refractivity contribution in [2.75, 3.05) is 20.8 Å². The maximum Gasteiger partial charge on any atom is 0.509 e. The molecule has 1 aliphatic heterocycles. The van der Waals surface area contributed by atoms with Gasteiger partial charge in [0.1, 0.15) is 14.0 Å². The Hall–Kier alpha value is -1.32. The second kappa shape index (κ2) is 9.40. The zero-order chi connectivity index (χ0) is 18.4. The van der Waals surface area contributed by atoms with Crippen LogP contribution in [-0.2, 0) is 28.5 Å². The van der Waals surface area contributed by atoms with Crippen molar-refractivity contribution in [1.82, 2.24) is 5.32 Å². The highest BCUT2D eigenvalue weighted by molar-refractivity contribution is 6.11. The predicted molar refractivity (Wildman–Crippen MR) is 91.1 cm³/mol. The van der Waals surface area contributed by atoms with Crippen LogP contribution >= 0.6 is 0 Å². The van der Waals surface area contributed by atoms with Crippen LogP contribution in [0.15, 0.2) is 0 Å². The summed E-state index contributed by atoms with van der Waals surface area (Å²) in [7, 11) is 5.05. The van der Waals surface area contributed by atoms with Gasteiger partial charge in [0.2, 0.25) is 0 Å². The molecule has 1 heterocycles. The zero-order valence-corrected chi connectivity index (χ0v) is 15.4.